The molecule has 1 aliphatic rings. The van der Waals surface area contributed by atoms with Crippen LogP contribution in [0.5, 0.6) is 0 Å². The molecule has 0 aromatic carbocycles. The van der Waals surface area contributed by atoms with E-state index in [0.29, 0.717) is 17.7 Å². The maximum Gasteiger partial charge on any atom is 0.255 e. The third kappa shape index (κ3) is 1.90. The molecule has 0 atom stereocenters. The lowest BCUT2D eigenvalue weighted by Gasteiger charge is -2.13. The summed E-state index contributed by atoms with van der Waals surface area (Å²) >= 11 is 0. The second-order valence-corrected chi connectivity index (χ2v) is 4.00. The lowest BCUT2D eigenvalue weighted by atomic mass is 10.2. The summed E-state index contributed by atoms with van der Waals surface area (Å²) in [4.78, 5) is 11.8. The fourth-order valence-corrected chi connectivity index (χ4v) is 1.60. The summed E-state index contributed by atoms with van der Waals surface area (Å²) in [5.41, 5.74) is 0.219. The molecule has 4 nitrogen and oxygen atoms in total. The third-order valence-electron chi connectivity index (χ3n) is 2.85. The second kappa shape index (κ2) is 3.70. The number of hydrogen-bond acceptors (Lipinski definition) is 3. The van der Waals surface area contributed by atoms with Crippen molar-refractivity contribution in [1.29, 1.82) is 0 Å². The predicted octanol–water partition coefficient (Wildman–Crippen LogP) is 1.10. The van der Waals surface area contributed by atoms with Gasteiger partial charge >= 0.3 is 0 Å². The van der Waals surface area contributed by atoms with Crippen molar-refractivity contribution >= 4 is 5.91 Å². The Kier molecular flexibility index (Phi) is 2.52. The van der Waals surface area contributed by atoms with E-state index in [1.807, 2.05) is 6.92 Å². The van der Waals surface area contributed by atoms with E-state index in [-0.39, 0.29) is 18.1 Å². The van der Waals surface area contributed by atoms with Crippen LogP contribution in [0.15, 0.2) is 16.7 Å². The molecule has 1 heterocycles. The SMILES string of the molecule is CCc1occc1C(=O)NC1(CO)CC1. The number of furan rings is 1. The number of aliphatic hydroxyl groups excluding tert-OH is 1. The Labute approximate surface area is 88.3 Å². The molecule has 1 amide bonds. The van der Waals surface area contributed by atoms with Crippen molar-refractivity contribution in [2.75, 3.05) is 6.61 Å². The number of nitrogens with one attached hydrogen (secondary N) is 1. The molecule has 0 radical (unpaired) electrons. The fraction of sp³-hybridized carbons (Fsp3) is 0.545. The number of hydrogen-bond donors (Lipinski definition) is 2. The third-order valence-corrected chi connectivity index (χ3v) is 2.85. The summed E-state index contributed by atoms with van der Waals surface area (Å²) in [6, 6.07) is 1.67. The average molecular weight is 209 g/mol. The van der Waals surface area contributed by atoms with E-state index in [4.69, 9.17) is 9.52 Å². The molecule has 0 spiro atoms. The smallest absolute Gasteiger partial charge is 0.255 e. The van der Waals surface area contributed by atoms with Gasteiger partial charge in [0.2, 0.25) is 0 Å². The Bertz CT molecular complexity index is 366. The number of rotatable bonds is 4. The van der Waals surface area contributed by atoms with E-state index < -0.39 is 0 Å². The van der Waals surface area contributed by atoms with Crippen LogP contribution in [0.1, 0.15) is 35.9 Å². The van der Waals surface area contributed by atoms with E-state index in [1.54, 1.807) is 6.07 Å². The maximum absolute atomic E-state index is 11.8. The zero-order chi connectivity index (χ0) is 10.9. The van der Waals surface area contributed by atoms with Crippen molar-refractivity contribution in [2.45, 2.75) is 31.7 Å². The Morgan fingerprint density at radius 3 is 2.93 bits per heavy atom. The zero-order valence-electron chi connectivity index (χ0n) is 8.75. The van der Waals surface area contributed by atoms with Crippen LogP contribution in [0, 0.1) is 0 Å². The molecule has 0 saturated heterocycles. The van der Waals surface area contributed by atoms with Gasteiger partial charge in [0, 0.05) is 6.42 Å². The second-order valence-electron chi connectivity index (χ2n) is 4.00. The normalized spacial score (nSPS) is 17.5. The molecule has 1 aromatic heterocycles. The van der Waals surface area contributed by atoms with Crippen LogP contribution in [0.25, 0.3) is 0 Å². The Balaban J connectivity index is 2.08. The minimum Gasteiger partial charge on any atom is -0.469 e. The predicted molar refractivity (Wildman–Crippen MR) is 54.6 cm³/mol. The standard InChI is InChI=1S/C11H15NO3/c1-2-9-8(3-6-15-9)10(14)12-11(7-13)4-5-11/h3,6,13H,2,4-5,7H2,1H3,(H,12,14). The van der Waals surface area contributed by atoms with Gasteiger partial charge in [-0.15, -0.1) is 0 Å². The van der Waals surface area contributed by atoms with E-state index >= 15 is 0 Å². The number of carbonyl (C=O) groups excluding carboxylic acids is 1. The van der Waals surface area contributed by atoms with Gasteiger partial charge in [-0.2, -0.15) is 0 Å². The van der Waals surface area contributed by atoms with Crippen LogP contribution in [0.4, 0.5) is 0 Å². The molecule has 2 rings (SSSR count). The van der Waals surface area contributed by atoms with Crippen LogP contribution < -0.4 is 5.32 Å². The number of aliphatic hydroxyl groups is 1. The van der Waals surface area contributed by atoms with E-state index in [1.165, 1.54) is 6.26 Å². The van der Waals surface area contributed by atoms with Crippen LogP contribution in [-0.2, 0) is 6.42 Å². The highest BCUT2D eigenvalue weighted by Gasteiger charge is 2.43. The Morgan fingerprint density at radius 2 is 2.40 bits per heavy atom. The quantitative estimate of drug-likeness (QED) is 0.780. The molecule has 2 N–H and O–H groups in total. The number of carbonyl (C=O) groups is 1. The maximum atomic E-state index is 11.8. The first-order chi connectivity index (χ1) is 7.21. The minimum atomic E-state index is -0.362. The van der Waals surface area contributed by atoms with Gasteiger partial charge in [0.25, 0.3) is 5.91 Å². The largest absolute Gasteiger partial charge is 0.469 e. The van der Waals surface area contributed by atoms with Gasteiger partial charge in [0.15, 0.2) is 0 Å². The number of amides is 1. The van der Waals surface area contributed by atoms with Gasteiger partial charge in [0.1, 0.15) is 5.76 Å². The van der Waals surface area contributed by atoms with Gasteiger partial charge in [0.05, 0.1) is 24.0 Å². The summed E-state index contributed by atoms with van der Waals surface area (Å²) in [6.07, 6.45) is 3.93. The van der Waals surface area contributed by atoms with Gasteiger partial charge in [-0.3, -0.25) is 4.79 Å². The van der Waals surface area contributed by atoms with E-state index in [2.05, 4.69) is 5.32 Å². The van der Waals surface area contributed by atoms with Crippen molar-refractivity contribution in [1.82, 2.24) is 5.32 Å². The minimum absolute atomic E-state index is 0.0120. The summed E-state index contributed by atoms with van der Waals surface area (Å²) in [5, 5.41) is 11.9. The highest BCUT2D eigenvalue weighted by Crippen LogP contribution is 2.34. The molecule has 82 valence electrons. The van der Waals surface area contributed by atoms with Gasteiger partial charge in [-0.25, -0.2) is 0 Å². The topological polar surface area (TPSA) is 62.5 Å². The van der Waals surface area contributed by atoms with Crippen LogP contribution in [0.3, 0.4) is 0 Å². The van der Waals surface area contributed by atoms with Crippen LogP contribution in [0.2, 0.25) is 0 Å². The molecule has 4 heteroatoms. The van der Waals surface area contributed by atoms with Gasteiger partial charge < -0.3 is 14.8 Å². The van der Waals surface area contributed by atoms with Crippen molar-refractivity contribution in [3.63, 3.8) is 0 Å². The first-order valence-electron chi connectivity index (χ1n) is 5.20. The molecule has 0 bridgehead atoms. The van der Waals surface area contributed by atoms with Crippen LogP contribution >= 0.6 is 0 Å². The molecule has 1 aromatic rings. The van der Waals surface area contributed by atoms with Crippen molar-refractivity contribution < 1.29 is 14.3 Å². The summed E-state index contributed by atoms with van der Waals surface area (Å²) in [7, 11) is 0. The lowest BCUT2D eigenvalue weighted by Crippen LogP contribution is -2.39. The summed E-state index contributed by atoms with van der Waals surface area (Å²) in [6.45, 7) is 1.95. The molecular weight excluding hydrogens is 194 g/mol. The Hall–Kier alpha value is -1.29. The lowest BCUT2D eigenvalue weighted by molar-refractivity contribution is 0.0905. The average Bonchev–Trinajstić information content (AvgIpc) is 2.85. The summed E-state index contributed by atoms with van der Waals surface area (Å²) < 4.78 is 5.18. The summed E-state index contributed by atoms with van der Waals surface area (Å²) in [5.74, 6) is 0.549. The highest BCUT2D eigenvalue weighted by molar-refractivity contribution is 5.95. The van der Waals surface area contributed by atoms with E-state index in [9.17, 15) is 4.79 Å². The van der Waals surface area contributed by atoms with E-state index in [0.717, 1.165) is 12.8 Å². The van der Waals surface area contributed by atoms with Crippen molar-refractivity contribution in [2.24, 2.45) is 0 Å². The molecule has 1 fully saturated rings. The molecular formula is C11H15NO3. The molecule has 1 aliphatic carbocycles. The molecule has 0 aliphatic heterocycles. The first-order valence-corrected chi connectivity index (χ1v) is 5.20. The fourth-order valence-electron chi connectivity index (χ4n) is 1.60. The first kappa shape index (κ1) is 10.2. The molecule has 1 saturated carbocycles. The van der Waals surface area contributed by atoms with Gasteiger partial charge in [-0.1, -0.05) is 6.92 Å². The van der Waals surface area contributed by atoms with Crippen molar-refractivity contribution in [3.05, 3.63) is 23.7 Å². The highest BCUT2D eigenvalue weighted by atomic mass is 16.3. The zero-order valence-corrected chi connectivity index (χ0v) is 8.75. The Morgan fingerprint density at radius 1 is 1.67 bits per heavy atom. The van der Waals surface area contributed by atoms with Crippen LogP contribution in [-0.4, -0.2) is 23.2 Å². The van der Waals surface area contributed by atoms with Gasteiger partial charge in [-0.05, 0) is 18.9 Å². The number of aryl methyl sites for hydroxylation is 1. The monoisotopic (exact) mass is 209 g/mol. The molecule has 0 unspecified atom stereocenters. The van der Waals surface area contributed by atoms with Crippen molar-refractivity contribution in [3.8, 4) is 0 Å². The molecule has 15 heavy (non-hydrogen) atoms.